The summed E-state index contributed by atoms with van der Waals surface area (Å²) in [6, 6.07) is 6.46. The minimum atomic E-state index is -3.72. The van der Waals surface area contributed by atoms with Crippen molar-refractivity contribution >= 4 is 21.7 Å². The zero-order chi connectivity index (χ0) is 17.0. The van der Waals surface area contributed by atoms with Gasteiger partial charge in [-0.25, -0.2) is 4.83 Å². The SMILES string of the molecule is COC(=O)CC(C)(C)/C(C)=N/NS(=O)(=O)c1ccc(C)cc1. The second-order valence-corrected chi connectivity index (χ2v) is 7.40. The predicted molar refractivity (Wildman–Crippen MR) is 85.0 cm³/mol. The number of sulfonamides is 1. The van der Waals surface area contributed by atoms with Crippen LogP contribution in [0.25, 0.3) is 0 Å². The molecule has 0 aliphatic rings. The van der Waals surface area contributed by atoms with Gasteiger partial charge in [-0.1, -0.05) is 31.5 Å². The summed E-state index contributed by atoms with van der Waals surface area (Å²) >= 11 is 0. The largest absolute Gasteiger partial charge is 0.469 e. The zero-order valence-corrected chi connectivity index (χ0v) is 14.3. The van der Waals surface area contributed by atoms with E-state index >= 15 is 0 Å². The molecule has 7 heteroatoms. The molecular weight excluding hydrogens is 304 g/mol. The number of aryl methyl sites for hydroxylation is 1. The molecule has 0 bridgehead atoms. The van der Waals surface area contributed by atoms with E-state index in [0.29, 0.717) is 5.71 Å². The summed E-state index contributed by atoms with van der Waals surface area (Å²) in [7, 11) is -2.41. The maximum absolute atomic E-state index is 12.1. The van der Waals surface area contributed by atoms with Crippen LogP contribution in [0.5, 0.6) is 0 Å². The predicted octanol–water partition coefficient (Wildman–Crippen LogP) is 2.24. The van der Waals surface area contributed by atoms with Gasteiger partial charge in [0.2, 0.25) is 0 Å². The third-order valence-electron chi connectivity index (χ3n) is 3.46. The number of hydrazone groups is 1. The summed E-state index contributed by atoms with van der Waals surface area (Å²) in [5, 5.41) is 3.92. The molecule has 0 aliphatic heterocycles. The molecule has 0 saturated carbocycles. The number of hydrogen-bond acceptors (Lipinski definition) is 5. The van der Waals surface area contributed by atoms with Gasteiger partial charge < -0.3 is 4.74 Å². The van der Waals surface area contributed by atoms with Crippen LogP contribution < -0.4 is 4.83 Å². The van der Waals surface area contributed by atoms with E-state index < -0.39 is 15.4 Å². The number of nitrogens with zero attached hydrogens (tertiary/aromatic N) is 1. The molecule has 0 aromatic heterocycles. The quantitative estimate of drug-likeness (QED) is 0.493. The van der Waals surface area contributed by atoms with Crippen LogP contribution in [-0.4, -0.2) is 27.2 Å². The zero-order valence-electron chi connectivity index (χ0n) is 13.5. The van der Waals surface area contributed by atoms with Gasteiger partial charge in [-0.05, 0) is 26.0 Å². The minimum Gasteiger partial charge on any atom is -0.469 e. The number of ether oxygens (including phenoxy) is 1. The van der Waals surface area contributed by atoms with E-state index in [2.05, 4.69) is 14.7 Å². The van der Waals surface area contributed by atoms with Crippen LogP contribution in [-0.2, 0) is 19.6 Å². The molecule has 0 atom stereocenters. The summed E-state index contributed by atoms with van der Waals surface area (Å²) in [6.07, 6.45) is 0.116. The average Bonchev–Trinajstić information content (AvgIpc) is 2.44. The lowest BCUT2D eigenvalue weighted by Gasteiger charge is -2.22. The minimum absolute atomic E-state index is 0.116. The summed E-state index contributed by atoms with van der Waals surface area (Å²) in [5.41, 5.74) is 0.856. The van der Waals surface area contributed by atoms with E-state index in [1.165, 1.54) is 19.2 Å². The first-order chi connectivity index (χ1) is 10.1. The van der Waals surface area contributed by atoms with E-state index in [-0.39, 0.29) is 17.3 Å². The van der Waals surface area contributed by atoms with Crippen LogP contribution in [0.15, 0.2) is 34.3 Å². The molecule has 0 saturated heterocycles. The molecule has 1 aromatic rings. The number of methoxy groups -OCH3 is 1. The highest BCUT2D eigenvalue weighted by atomic mass is 32.2. The molecule has 1 rings (SSSR count). The molecular formula is C15H22N2O4S. The van der Waals surface area contributed by atoms with Crippen molar-refractivity contribution in [2.24, 2.45) is 10.5 Å². The Kier molecular flexibility index (Phi) is 5.71. The van der Waals surface area contributed by atoms with E-state index in [1.807, 2.05) is 6.92 Å². The summed E-state index contributed by atoms with van der Waals surface area (Å²) in [4.78, 5) is 13.7. The van der Waals surface area contributed by atoms with Gasteiger partial charge in [0.15, 0.2) is 0 Å². The van der Waals surface area contributed by atoms with E-state index in [9.17, 15) is 13.2 Å². The van der Waals surface area contributed by atoms with Gasteiger partial charge in [0, 0.05) is 11.1 Å². The van der Waals surface area contributed by atoms with E-state index in [4.69, 9.17) is 0 Å². The van der Waals surface area contributed by atoms with Crippen molar-refractivity contribution in [2.75, 3.05) is 7.11 Å². The Morgan fingerprint density at radius 1 is 1.27 bits per heavy atom. The monoisotopic (exact) mass is 326 g/mol. The van der Waals surface area contributed by atoms with Crippen LogP contribution >= 0.6 is 0 Å². The number of rotatable bonds is 6. The van der Waals surface area contributed by atoms with Gasteiger partial charge in [0.05, 0.1) is 18.4 Å². The van der Waals surface area contributed by atoms with E-state index in [0.717, 1.165) is 5.56 Å². The van der Waals surface area contributed by atoms with Gasteiger partial charge in [-0.15, -0.1) is 0 Å². The Balaban J connectivity index is 2.89. The van der Waals surface area contributed by atoms with Gasteiger partial charge in [-0.3, -0.25) is 4.79 Å². The highest BCUT2D eigenvalue weighted by molar-refractivity contribution is 7.89. The molecule has 6 nitrogen and oxygen atoms in total. The molecule has 22 heavy (non-hydrogen) atoms. The first kappa shape index (κ1) is 18.2. The standard InChI is InChI=1S/C15H22N2O4S/c1-11-6-8-13(9-7-11)22(19,20)17-16-12(2)15(3,4)10-14(18)21-5/h6-9,17H,10H2,1-5H3/b16-12+. The number of benzene rings is 1. The maximum Gasteiger partial charge on any atom is 0.306 e. The molecule has 1 aromatic carbocycles. The Morgan fingerprint density at radius 2 is 1.82 bits per heavy atom. The highest BCUT2D eigenvalue weighted by Gasteiger charge is 2.26. The molecule has 0 amide bonds. The normalized spacial score (nSPS) is 12.9. The molecule has 0 aliphatic carbocycles. The van der Waals surface area contributed by atoms with Crippen molar-refractivity contribution < 1.29 is 17.9 Å². The summed E-state index contributed by atoms with van der Waals surface area (Å²) < 4.78 is 28.9. The van der Waals surface area contributed by atoms with E-state index in [1.54, 1.807) is 32.9 Å². The first-order valence-electron chi connectivity index (χ1n) is 6.78. The molecule has 122 valence electrons. The van der Waals surface area contributed by atoms with Crippen LogP contribution in [0, 0.1) is 12.3 Å². The lowest BCUT2D eigenvalue weighted by Crippen LogP contribution is -2.29. The molecule has 0 radical (unpaired) electrons. The Bertz CT molecular complexity index is 661. The molecule has 0 spiro atoms. The molecule has 0 fully saturated rings. The van der Waals surface area contributed by atoms with Crippen molar-refractivity contribution in [2.45, 2.75) is 39.0 Å². The lowest BCUT2D eigenvalue weighted by atomic mass is 9.85. The van der Waals surface area contributed by atoms with Crippen molar-refractivity contribution in [3.05, 3.63) is 29.8 Å². The lowest BCUT2D eigenvalue weighted by molar-refractivity contribution is -0.142. The van der Waals surface area contributed by atoms with Crippen LogP contribution in [0.2, 0.25) is 0 Å². The van der Waals surface area contributed by atoms with Gasteiger partial charge in [0.1, 0.15) is 0 Å². The van der Waals surface area contributed by atoms with Crippen molar-refractivity contribution in [3.8, 4) is 0 Å². The van der Waals surface area contributed by atoms with Crippen molar-refractivity contribution in [3.63, 3.8) is 0 Å². The molecule has 0 unspecified atom stereocenters. The fourth-order valence-electron chi connectivity index (χ4n) is 1.61. The third kappa shape index (κ3) is 4.84. The third-order valence-corrected chi connectivity index (χ3v) is 4.68. The van der Waals surface area contributed by atoms with Gasteiger partial charge in [0.25, 0.3) is 10.0 Å². The second-order valence-electron chi connectivity index (χ2n) is 5.74. The van der Waals surface area contributed by atoms with Gasteiger partial charge in [-0.2, -0.15) is 13.5 Å². The van der Waals surface area contributed by atoms with Crippen molar-refractivity contribution in [1.29, 1.82) is 0 Å². The average molecular weight is 326 g/mol. The fraction of sp³-hybridized carbons (Fsp3) is 0.467. The van der Waals surface area contributed by atoms with Crippen molar-refractivity contribution in [1.82, 2.24) is 4.83 Å². The van der Waals surface area contributed by atoms with Crippen LogP contribution in [0.3, 0.4) is 0 Å². The number of carbonyl (C=O) groups is 1. The first-order valence-corrected chi connectivity index (χ1v) is 8.27. The number of hydrogen-bond donors (Lipinski definition) is 1. The highest BCUT2D eigenvalue weighted by Crippen LogP contribution is 2.23. The topological polar surface area (TPSA) is 84.8 Å². The smallest absolute Gasteiger partial charge is 0.306 e. The Labute approximate surface area is 131 Å². The number of nitrogens with one attached hydrogen (secondary N) is 1. The molecule has 0 heterocycles. The Morgan fingerprint density at radius 3 is 2.32 bits per heavy atom. The van der Waals surface area contributed by atoms with Crippen LogP contribution in [0.1, 0.15) is 32.8 Å². The summed E-state index contributed by atoms with van der Waals surface area (Å²) in [5.74, 6) is -0.374. The maximum atomic E-state index is 12.1. The number of esters is 1. The van der Waals surface area contributed by atoms with Crippen LogP contribution in [0.4, 0.5) is 0 Å². The second kappa shape index (κ2) is 6.91. The summed E-state index contributed by atoms with van der Waals surface area (Å²) in [6.45, 7) is 7.13. The fourth-order valence-corrected chi connectivity index (χ4v) is 2.47. The molecule has 1 N–H and O–H groups in total. The van der Waals surface area contributed by atoms with Gasteiger partial charge >= 0.3 is 5.97 Å². The number of carbonyl (C=O) groups excluding carboxylic acids is 1. The Hall–Kier alpha value is -1.89.